The lowest BCUT2D eigenvalue weighted by molar-refractivity contribution is -0.275. The van der Waals surface area contributed by atoms with E-state index in [4.69, 9.17) is 0 Å². The fourth-order valence-electron chi connectivity index (χ4n) is 3.11. The number of aromatic amines is 1. The van der Waals surface area contributed by atoms with Crippen LogP contribution in [-0.4, -0.2) is 33.0 Å². The van der Waals surface area contributed by atoms with Gasteiger partial charge in [0.15, 0.2) is 0 Å². The molecule has 0 aliphatic heterocycles. The third-order valence-corrected chi connectivity index (χ3v) is 4.53. The van der Waals surface area contributed by atoms with Crippen LogP contribution in [0, 0.1) is 0 Å². The van der Waals surface area contributed by atoms with Crippen molar-refractivity contribution in [2.24, 2.45) is 0 Å². The van der Waals surface area contributed by atoms with Gasteiger partial charge in [-0.25, -0.2) is 4.98 Å². The highest BCUT2D eigenvalue weighted by Gasteiger charge is 2.41. The summed E-state index contributed by atoms with van der Waals surface area (Å²) in [5.74, 6) is -1.58. The molecule has 3 aromatic rings. The lowest BCUT2D eigenvalue weighted by atomic mass is 9.76. The lowest BCUT2D eigenvalue weighted by Crippen LogP contribution is -2.34. The third kappa shape index (κ3) is 5.26. The van der Waals surface area contributed by atoms with E-state index < -0.39 is 35.7 Å². The number of ether oxygens (including phenoxy) is 2. The van der Waals surface area contributed by atoms with E-state index in [1.165, 1.54) is 30.6 Å². The van der Waals surface area contributed by atoms with Gasteiger partial charge >= 0.3 is 12.7 Å². The number of aromatic nitrogens is 3. The maximum atomic E-state index is 12.4. The average Bonchev–Trinajstić information content (AvgIpc) is 3.20. The monoisotopic (exact) mass is 447 g/mol. The van der Waals surface area contributed by atoms with Crippen LogP contribution in [-0.2, 0) is 5.60 Å². The second kappa shape index (κ2) is 8.10. The number of hydrogen-bond acceptors (Lipinski definition) is 5. The molecular formula is C19H15F6N3O3. The van der Waals surface area contributed by atoms with Crippen LogP contribution in [0.4, 0.5) is 26.3 Å². The van der Waals surface area contributed by atoms with Gasteiger partial charge in [-0.2, -0.15) is 5.10 Å². The number of nitrogens with one attached hydrogen (secondary N) is 1. The summed E-state index contributed by atoms with van der Waals surface area (Å²) in [6.07, 6.45) is -8.58. The molecule has 1 unspecified atom stereocenters. The van der Waals surface area contributed by atoms with Crippen molar-refractivity contribution in [2.45, 2.75) is 31.2 Å². The molecule has 0 saturated heterocycles. The van der Waals surface area contributed by atoms with Gasteiger partial charge in [0.25, 0.3) is 0 Å². The standard InChI is InChI=1S/C19H15F6N3O3/c1-11(16-26-10-27-28-16)17(29,12-2-6-14(7-3-12)30-18(20,21)22)13-4-8-15(9-5-13)31-19(23,24)25/h2-11,29H,1H3,(H,26,27,28). The molecule has 2 aromatic carbocycles. The third-order valence-electron chi connectivity index (χ3n) is 4.53. The number of nitrogens with zero attached hydrogens (tertiary/aromatic N) is 2. The van der Waals surface area contributed by atoms with Crippen molar-refractivity contribution in [2.75, 3.05) is 0 Å². The Balaban J connectivity index is 2.02. The fraction of sp³-hybridized carbons (Fsp3) is 0.263. The molecule has 2 N–H and O–H groups in total. The van der Waals surface area contributed by atoms with Crippen molar-refractivity contribution >= 4 is 0 Å². The summed E-state index contributed by atoms with van der Waals surface area (Å²) in [6.45, 7) is 1.57. The molecule has 1 heterocycles. The molecule has 1 atom stereocenters. The molecule has 31 heavy (non-hydrogen) atoms. The summed E-state index contributed by atoms with van der Waals surface area (Å²) in [5, 5.41) is 17.9. The fourth-order valence-corrected chi connectivity index (χ4v) is 3.11. The zero-order chi connectivity index (χ0) is 22.9. The van der Waals surface area contributed by atoms with Crippen LogP contribution in [0.1, 0.15) is 29.8 Å². The normalized spacial score (nSPS) is 13.7. The average molecular weight is 447 g/mol. The molecule has 6 nitrogen and oxygen atoms in total. The number of halogens is 6. The second-order valence-electron chi connectivity index (χ2n) is 6.50. The van der Waals surface area contributed by atoms with Gasteiger partial charge in [-0.3, -0.25) is 5.10 Å². The van der Waals surface area contributed by atoms with Crippen molar-refractivity contribution in [1.82, 2.24) is 15.2 Å². The Hall–Kier alpha value is -3.28. The molecule has 0 fully saturated rings. The summed E-state index contributed by atoms with van der Waals surface area (Å²) in [6, 6.07) is 8.93. The molecule has 12 heteroatoms. The summed E-state index contributed by atoms with van der Waals surface area (Å²) in [7, 11) is 0. The van der Waals surface area contributed by atoms with Crippen molar-refractivity contribution < 1.29 is 40.9 Å². The number of benzene rings is 2. The lowest BCUT2D eigenvalue weighted by Gasteiger charge is -2.34. The van der Waals surface area contributed by atoms with Gasteiger partial charge in [0.2, 0.25) is 0 Å². The molecule has 0 aliphatic carbocycles. The predicted molar refractivity (Wildman–Crippen MR) is 94.0 cm³/mol. The van der Waals surface area contributed by atoms with Gasteiger partial charge in [0.1, 0.15) is 29.3 Å². The van der Waals surface area contributed by atoms with Crippen molar-refractivity contribution in [1.29, 1.82) is 0 Å². The molecule has 0 saturated carbocycles. The SMILES string of the molecule is CC(c1ncn[nH]1)C(O)(c1ccc(OC(F)(F)F)cc1)c1ccc(OC(F)(F)F)cc1. The first-order chi connectivity index (χ1) is 14.4. The Morgan fingerprint density at radius 1 is 0.806 bits per heavy atom. The minimum atomic E-state index is -4.89. The van der Waals surface area contributed by atoms with Gasteiger partial charge in [-0.05, 0) is 35.4 Å². The summed E-state index contributed by atoms with van der Waals surface area (Å²) >= 11 is 0. The number of rotatable bonds is 6. The number of H-pyrrole nitrogens is 1. The Bertz CT molecular complexity index is 927. The van der Waals surface area contributed by atoms with Gasteiger partial charge in [-0.1, -0.05) is 31.2 Å². The van der Waals surface area contributed by atoms with Gasteiger partial charge in [-0.15, -0.1) is 26.3 Å². The maximum Gasteiger partial charge on any atom is 0.573 e. The molecule has 0 spiro atoms. The highest BCUT2D eigenvalue weighted by atomic mass is 19.4. The highest BCUT2D eigenvalue weighted by Crippen LogP contribution is 2.42. The zero-order valence-corrected chi connectivity index (χ0v) is 15.7. The van der Waals surface area contributed by atoms with Gasteiger partial charge in [0.05, 0.1) is 5.92 Å². The smallest absolute Gasteiger partial charge is 0.406 e. The van der Waals surface area contributed by atoms with Crippen LogP contribution in [0.25, 0.3) is 0 Å². The minimum absolute atomic E-state index is 0.149. The van der Waals surface area contributed by atoms with E-state index in [2.05, 4.69) is 24.7 Å². The van der Waals surface area contributed by atoms with Crippen molar-refractivity contribution in [3.05, 3.63) is 71.8 Å². The van der Waals surface area contributed by atoms with Crippen LogP contribution in [0.3, 0.4) is 0 Å². The van der Waals surface area contributed by atoms with E-state index in [-0.39, 0.29) is 17.0 Å². The van der Waals surface area contributed by atoms with E-state index in [1.54, 1.807) is 6.92 Å². The number of aliphatic hydroxyl groups is 1. The Morgan fingerprint density at radius 3 is 1.55 bits per heavy atom. The van der Waals surface area contributed by atoms with Gasteiger partial charge in [0, 0.05) is 0 Å². The number of hydrogen-bond donors (Lipinski definition) is 2. The predicted octanol–water partition coefficient (Wildman–Crippen LogP) is 4.64. The molecule has 1 aromatic heterocycles. The Labute approximate surface area is 171 Å². The minimum Gasteiger partial charge on any atom is -0.406 e. The van der Waals surface area contributed by atoms with Crippen molar-refractivity contribution in [3.8, 4) is 11.5 Å². The Kier molecular flexibility index (Phi) is 5.85. The zero-order valence-electron chi connectivity index (χ0n) is 15.7. The largest absolute Gasteiger partial charge is 0.573 e. The summed E-state index contributed by atoms with van der Waals surface area (Å²) in [4.78, 5) is 3.99. The molecular weight excluding hydrogens is 432 g/mol. The number of alkyl halides is 6. The second-order valence-corrected chi connectivity index (χ2v) is 6.50. The van der Waals surface area contributed by atoms with Crippen LogP contribution in [0.2, 0.25) is 0 Å². The van der Waals surface area contributed by atoms with Crippen LogP contribution >= 0.6 is 0 Å². The van der Waals surface area contributed by atoms with Crippen LogP contribution in [0.5, 0.6) is 11.5 Å². The molecule has 0 amide bonds. The first-order valence-corrected chi connectivity index (χ1v) is 8.69. The van der Waals surface area contributed by atoms with E-state index in [9.17, 15) is 31.4 Å². The molecule has 0 radical (unpaired) electrons. The molecule has 0 aliphatic rings. The summed E-state index contributed by atoms with van der Waals surface area (Å²) < 4.78 is 82.2. The Morgan fingerprint density at radius 2 is 1.23 bits per heavy atom. The highest BCUT2D eigenvalue weighted by molar-refractivity contribution is 5.43. The molecule has 0 bridgehead atoms. The van der Waals surface area contributed by atoms with E-state index >= 15 is 0 Å². The molecule has 166 valence electrons. The van der Waals surface area contributed by atoms with E-state index in [0.29, 0.717) is 0 Å². The van der Waals surface area contributed by atoms with Crippen molar-refractivity contribution in [3.63, 3.8) is 0 Å². The molecule has 3 rings (SSSR count). The van der Waals surface area contributed by atoms with E-state index in [1.807, 2.05) is 0 Å². The van der Waals surface area contributed by atoms with Crippen LogP contribution in [0.15, 0.2) is 54.9 Å². The quantitative estimate of drug-likeness (QED) is 0.538. The van der Waals surface area contributed by atoms with Gasteiger partial charge < -0.3 is 14.6 Å². The summed E-state index contributed by atoms with van der Waals surface area (Å²) in [5.41, 5.74) is -1.60. The maximum absolute atomic E-state index is 12.4. The first kappa shape index (κ1) is 22.4. The first-order valence-electron chi connectivity index (χ1n) is 8.69. The van der Waals surface area contributed by atoms with Crippen LogP contribution < -0.4 is 9.47 Å². The van der Waals surface area contributed by atoms with E-state index in [0.717, 1.165) is 24.3 Å². The topological polar surface area (TPSA) is 80.3 Å².